The molecule has 0 spiro atoms. The molecule has 0 N–H and O–H groups in total. The molecule has 1 aromatic carbocycles. The van der Waals surface area contributed by atoms with Crippen LogP contribution >= 0.6 is 0 Å². The van der Waals surface area contributed by atoms with Gasteiger partial charge in [0.25, 0.3) is 0 Å². The minimum absolute atomic E-state index is 0.238. The minimum Gasteiger partial charge on any atom is -0.299 e. The summed E-state index contributed by atoms with van der Waals surface area (Å²) in [5, 5.41) is 0. The first kappa shape index (κ1) is 16.2. The first-order valence-corrected chi connectivity index (χ1v) is 7.85. The summed E-state index contributed by atoms with van der Waals surface area (Å²) in [5.41, 5.74) is 0.467. The molecule has 1 saturated heterocycles. The lowest BCUT2D eigenvalue weighted by atomic mass is 9.83. The van der Waals surface area contributed by atoms with Gasteiger partial charge in [-0.2, -0.15) is 0 Å². The standard InChI is InChI=1S/C18H28N2O/c1-14-11-20(12-15(2)19(14)5)13-18(3,4)17(21)16-9-7-6-8-10-16/h6-10,14-15H,11-13H2,1-5H3. The molecule has 0 aliphatic carbocycles. The fourth-order valence-corrected chi connectivity index (χ4v) is 3.25. The summed E-state index contributed by atoms with van der Waals surface area (Å²) in [6, 6.07) is 10.7. The molecule has 1 aliphatic heterocycles. The number of piperazine rings is 1. The summed E-state index contributed by atoms with van der Waals surface area (Å²) in [6.07, 6.45) is 0. The van der Waals surface area contributed by atoms with Crippen molar-refractivity contribution in [2.75, 3.05) is 26.7 Å². The third kappa shape index (κ3) is 3.72. The third-order valence-electron chi connectivity index (χ3n) is 4.70. The molecule has 0 bridgehead atoms. The van der Waals surface area contributed by atoms with Gasteiger partial charge in [0.05, 0.1) is 0 Å². The van der Waals surface area contributed by atoms with Crippen LogP contribution in [0.5, 0.6) is 0 Å². The summed E-state index contributed by atoms with van der Waals surface area (Å²) in [7, 11) is 2.19. The molecule has 0 radical (unpaired) electrons. The van der Waals surface area contributed by atoms with Gasteiger partial charge in [0.15, 0.2) is 5.78 Å². The lowest BCUT2D eigenvalue weighted by molar-refractivity contribution is 0.0358. The summed E-state index contributed by atoms with van der Waals surface area (Å²) in [4.78, 5) is 17.6. The molecule has 1 aromatic rings. The van der Waals surface area contributed by atoms with Crippen LogP contribution < -0.4 is 0 Å². The van der Waals surface area contributed by atoms with E-state index in [4.69, 9.17) is 0 Å². The van der Waals surface area contributed by atoms with Crippen molar-refractivity contribution >= 4 is 5.78 Å². The Morgan fingerprint density at radius 2 is 1.67 bits per heavy atom. The highest BCUT2D eigenvalue weighted by Crippen LogP contribution is 2.25. The Bertz CT molecular complexity index is 471. The summed E-state index contributed by atoms with van der Waals surface area (Å²) >= 11 is 0. The van der Waals surface area contributed by atoms with E-state index in [0.29, 0.717) is 12.1 Å². The summed E-state index contributed by atoms with van der Waals surface area (Å²) < 4.78 is 0. The molecule has 1 fully saturated rings. The first-order valence-electron chi connectivity index (χ1n) is 7.85. The molecule has 0 aromatic heterocycles. The molecular weight excluding hydrogens is 260 g/mol. The molecule has 1 aliphatic rings. The lowest BCUT2D eigenvalue weighted by Crippen LogP contribution is -2.57. The average molecular weight is 288 g/mol. The van der Waals surface area contributed by atoms with Gasteiger partial charge in [-0.3, -0.25) is 14.6 Å². The maximum atomic E-state index is 12.7. The molecular formula is C18H28N2O. The number of benzene rings is 1. The molecule has 3 nitrogen and oxygen atoms in total. The van der Waals surface area contributed by atoms with Gasteiger partial charge in [-0.05, 0) is 20.9 Å². The molecule has 116 valence electrons. The van der Waals surface area contributed by atoms with E-state index in [0.717, 1.165) is 25.2 Å². The Labute approximate surface area is 128 Å². The van der Waals surface area contributed by atoms with Crippen molar-refractivity contribution in [2.45, 2.75) is 39.8 Å². The Morgan fingerprint density at radius 1 is 1.14 bits per heavy atom. The van der Waals surface area contributed by atoms with Crippen LogP contribution in [0.1, 0.15) is 38.1 Å². The zero-order valence-corrected chi connectivity index (χ0v) is 14.0. The van der Waals surface area contributed by atoms with E-state index >= 15 is 0 Å². The summed E-state index contributed by atoms with van der Waals surface area (Å²) in [5.74, 6) is 0.238. The largest absolute Gasteiger partial charge is 0.299 e. The lowest BCUT2D eigenvalue weighted by Gasteiger charge is -2.44. The molecule has 2 unspecified atom stereocenters. The van der Waals surface area contributed by atoms with Gasteiger partial charge in [0, 0.05) is 42.7 Å². The van der Waals surface area contributed by atoms with Crippen molar-refractivity contribution in [1.29, 1.82) is 0 Å². The topological polar surface area (TPSA) is 23.6 Å². The van der Waals surface area contributed by atoms with Crippen molar-refractivity contribution in [3.63, 3.8) is 0 Å². The predicted molar refractivity (Wildman–Crippen MR) is 87.7 cm³/mol. The number of hydrogen-bond acceptors (Lipinski definition) is 3. The van der Waals surface area contributed by atoms with E-state index < -0.39 is 0 Å². The second kappa shape index (κ2) is 6.29. The van der Waals surface area contributed by atoms with Crippen LogP contribution in [0, 0.1) is 5.41 Å². The third-order valence-corrected chi connectivity index (χ3v) is 4.70. The zero-order valence-electron chi connectivity index (χ0n) is 14.0. The predicted octanol–water partition coefficient (Wildman–Crippen LogP) is 2.92. The number of ketones is 1. The molecule has 0 saturated carbocycles. The Kier molecular flexibility index (Phi) is 4.84. The van der Waals surface area contributed by atoms with Crippen molar-refractivity contribution in [3.05, 3.63) is 35.9 Å². The van der Waals surface area contributed by atoms with Gasteiger partial charge in [-0.25, -0.2) is 0 Å². The number of Topliss-reactive ketones (excluding diaryl/α,β-unsaturated/α-hetero) is 1. The van der Waals surface area contributed by atoms with E-state index in [1.165, 1.54) is 0 Å². The van der Waals surface area contributed by atoms with Crippen molar-refractivity contribution < 1.29 is 4.79 Å². The number of rotatable bonds is 4. The fourth-order valence-electron chi connectivity index (χ4n) is 3.25. The second-order valence-electron chi connectivity index (χ2n) is 7.14. The van der Waals surface area contributed by atoms with Gasteiger partial charge in [0.1, 0.15) is 0 Å². The SMILES string of the molecule is CC1CN(CC(C)(C)C(=O)c2ccccc2)CC(C)N1C. The molecule has 21 heavy (non-hydrogen) atoms. The van der Waals surface area contributed by atoms with Gasteiger partial charge in [0.2, 0.25) is 0 Å². The van der Waals surface area contributed by atoms with E-state index in [-0.39, 0.29) is 11.2 Å². The van der Waals surface area contributed by atoms with E-state index in [1.54, 1.807) is 0 Å². The molecule has 1 heterocycles. The van der Waals surface area contributed by atoms with Crippen molar-refractivity contribution in [1.82, 2.24) is 9.80 Å². The average Bonchev–Trinajstić information content (AvgIpc) is 2.44. The van der Waals surface area contributed by atoms with Crippen LogP contribution in [0.15, 0.2) is 30.3 Å². The molecule has 2 atom stereocenters. The highest BCUT2D eigenvalue weighted by molar-refractivity contribution is 6.00. The summed E-state index contributed by atoms with van der Waals surface area (Å²) in [6.45, 7) is 11.5. The van der Waals surface area contributed by atoms with E-state index in [2.05, 4.69) is 44.5 Å². The molecule has 0 amide bonds. The Morgan fingerprint density at radius 3 is 2.19 bits per heavy atom. The van der Waals surface area contributed by atoms with Crippen LogP contribution in [-0.4, -0.2) is 54.3 Å². The zero-order chi connectivity index (χ0) is 15.6. The first-order chi connectivity index (χ1) is 9.81. The number of nitrogens with zero attached hydrogens (tertiary/aromatic N) is 2. The van der Waals surface area contributed by atoms with Crippen LogP contribution in [0.25, 0.3) is 0 Å². The number of carbonyl (C=O) groups is 1. The normalized spacial score (nSPS) is 25.0. The Hall–Kier alpha value is -1.19. The highest BCUT2D eigenvalue weighted by Gasteiger charge is 2.34. The van der Waals surface area contributed by atoms with E-state index in [9.17, 15) is 4.79 Å². The quantitative estimate of drug-likeness (QED) is 0.796. The molecule has 2 rings (SSSR count). The number of carbonyl (C=O) groups excluding carboxylic acids is 1. The maximum absolute atomic E-state index is 12.7. The number of likely N-dealkylation sites (N-methyl/N-ethyl adjacent to an activating group) is 1. The van der Waals surface area contributed by atoms with Crippen LogP contribution in [0.3, 0.4) is 0 Å². The van der Waals surface area contributed by atoms with Crippen molar-refractivity contribution in [2.24, 2.45) is 5.41 Å². The van der Waals surface area contributed by atoms with E-state index in [1.807, 2.05) is 30.3 Å². The fraction of sp³-hybridized carbons (Fsp3) is 0.611. The van der Waals surface area contributed by atoms with Crippen molar-refractivity contribution in [3.8, 4) is 0 Å². The van der Waals surface area contributed by atoms with Crippen LogP contribution in [-0.2, 0) is 0 Å². The smallest absolute Gasteiger partial charge is 0.169 e. The van der Waals surface area contributed by atoms with Gasteiger partial charge < -0.3 is 0 Å². The monoisotopic (exact) mass is 288 g/mol. The van der Waals surface area contributed by atoms with Crippen LogP contribution in [0.4, 0.5) is 0 Å². The minimum atomic E-state index is -0.350. The maximum Gasteiger partial charge on any atom is 0.169 e. The number of hydrogen-bond donors (Lipinski definition) is 0. The van der Waals surface area contributed by atoms with Gasteiger partial charge in [-0.15, -0.1) is 0 Å². The van der Waals surface area contributed by atoms with Gasteiger partial charge >= 0.3 is 0 Å². The Balaban J connectivity index is 2.05. The second-order valence-corrected chi connectivity index (χ2v) is 7.14. The highest BCUT2D eigenvalue weighted by atomic mass is 16.1. The molecule has 3 heteroatoms. The van der Waals surface area contributed by atoms with Crippen LogP contribution in [0.2, 0.25) is 0 Å². The van der Waals surface area contributed by atoms with Gasteiger partial charge in [-0.1, -0.05) is 44.2 Å².